The average Bonchev–Trinajstić information content (AvgIpc) is 3.82. The minimum Gasteiger partial charge on any atom is -0.462 e. The number of ether oxygens (including phenoxy) is 3. The van der Waals surface area contributed by atoms with E-state index in [0.717, 1.165) is 63.7 Å². The molecule has 1 aliphatic heterocycles. The van der Waals surface area contributed by atoms with Crippen molar-refractivity contribution in [3.63, 3.8) is 0 Å². The van der Waals surface area contributed by atoms with E-state index in [9.17, 15) is 14.7 Å². The molecule has 3 atom stereocenters. The highest BCUT2D eigenvalue weighted by Gasteiger charge is 2.35. The van der Waals surface area contributed by atoms with Gasteiger partial charge in [0.1, 0.15) is 6.61 Å². The Morgan fingerprint density at radius 3 is 1.69 bits per heavy atom. The fourth-order valence-electron chi connectivity index (χ4n) is 5.39. The second-order valence-electron chi connectivity index (χ2n) is 13.5. The number of esters is 2. The van der Waals surface area contributed by atoms with E-state index in [1.807, 2.05) is 12.2 Å². The molecule has 0 saturated carbocycles. The van der Waals surface area contributed by atoms with E-state index in [0.29, 0.717) is 25.0 Å². The van der Waals surface area contributed by atoms with Gasteiger partial charge in [-0.3, -0.25) is 9.59 Å². The van der Waals surface area contributed by atoms with Crippen molar-refractivity contribution in [2.45, 2.75) is 174 Å². The standard InChI is InChI=1S/C42H70O6/c1-4-5-25-31-39-40(48-39)32-27-22-18-14-10-6-7-11-15-19-23-28-33-41(44)46-36-38(35-43)47-42(45)34-29-24-20-16-12-8-9-13-17-21-26-30-37(2)3/h5,7,10-11,14,19,22-23,25,27,37-40,43H,4,6,8-9,12-13,15-18,20-21,24,26,28-36H2,1-3H3/b11-7-,14-10-,23-19-,25-5-,27-22-/t38-,39?,40?/m0/s1. The van der Waals surface area contributed by atoms with Gasteiger partial charge in [-0.1, -0.05) is 152 Å². The van der Waals surface area contributed by atoms with Crippen molar-refractivity contribution in [3.8, 4) is 0 Å². The van der Waals surface area contributed by atoms with Crippen LogP contribution in [0.3, 0.4) is 0 Å². The van der Waals surface area contributed by atoms with Gasteiger partial charge in [0.25, 0.3) is 0 Å². The van der Waals surface area contributed by atoms with E-state index < -0.39 is 6.10 Å². The fraction of sp³-hybridized carbons (Fsp3) is 0.714. The van der Waals surface area contributed by atoms with Crippen LogP contribution < -0.4 is 0 Å². The van der Waals surface area contributed by atoms with Crippen molar-refractivity contribution in [2.75, 3.05) is 13.2 Å². The highest BCUT2D eigenvalue weighted by atomic mass is 16.6. The second-order valence-corrected chi connectivity index (χ2v) is 13.5. The largest absolute Gasteiger partial charge is 0.462 e. The number of hydrogen-bond donors (Lipinski definition) is 1. The molecule has 0 aliphatic carbocycles. The Morgan fingerprint density at radius 2 is 1.15 bits per heavy atom. The first kappa shape index (κ1) is 43.6. The second kappa shape index (κ2) is 31.8. The Kier molecular flexibility index (Phi) is 28.9. The molecule has 1 rings (SSSR count). The summed E-state index contributed by atoms with van der Waals surface area (Å²) in [6, 6.07) is 0. The maximum atomic E-state index is 12.1. The summed E-state index contributed by atoms with van der Waals surface area (Å²) < 4.78 is 16.2. The van der Waals surface area contributed by atoms with Crippen molar-refractivity contribution in [3.05, 3.63) is 60.8 Å². The molecule has 1 N–H and O–H groups in total. The molecule has 1 fully saturated rings. The van der Waals surface area contributed by atoms with E-state index in [1.54, 1.807) is 0 Å². The predicted octanol–water partition coefficient (Wildman–Crippen LogP) is 10.9. The third-order valence-corrected chi connectivity index (χ3v) is 8.42. The topological polar surface area (TPSA) is 85.4 Å². The van der Waals surface area contributed by atoms with Gasteiger partial charge in [-0.05, 0) is 57.3 Å². The molecule has 0 aromatic rings. The van der Waals surface area contributed by atoms with Crippen molar-refractivity contribution < 1.29 is 28.9 Å². The smallest absolute Gasteiger partial charge is 0.306 e. The molecule has 0 aromatic heterocycles. The molecule has 6 heteroatoms. The predicted molar refractivity (Wildman–Crippen MR) is 200 cm³/mol. The Morgan fingerprint density at radius 1 is 0.646 bits per heavy atom. The lowest BCUT2D eigenvalue weighted by Gasteiger charge is -2.15. The van der Waals surface area contributed by atoms with E-state index in [1.165, 1.54) is 57.8 Å². The van der Waals surface area contributed by atoms with Gasteiger partial charge in [0.05, 0.1) is 18.8 Å². The number of carbonyl (C=O) groups is 2. The molecule has 2 unspecified atom stereocenters. The third-order valence-electron chi connectivity index (χ3n) is 8.42. The minimum absolute atomic E-state index is 0.110. The number of hydrogen-bond acceptors (Lipinski definition) is 6. The number of allylic oxidation sites excluding steroid dienone is 8. The summed E-state index contributed by atoms with van der Waals surface area (Å²) in [6.45, 7) is 6.27. The zero-order valence-electron chi connectivity index (χ0n) is 30.8. The molecular formula is C42H70O6. The van der Waals surface area contributed by atoms with Gasteiger partial charge in [-0.25, -0.2) is 0 Å². The summed E-state index contributed by atoms with van der Waals surface area (Å²) in [5.41, 5.74) is 0. The molecule has 274 valence electrons. The highest BCUT2D eigenvalue weighted by Crippen LogP contribution is 2.29. The molecule has 1 aliphatic rings. The van der Waals surface area contributed by atoms with Crippen molar-refractivity contribution in [2.24, 2.45) is 5.92 Å². The first-order chi connectivity index (χ1) is 23.5. The first-order valence-corrected chi connectivity index (χ1v) is 19.3. The van der Waals surface area contributed by atoms with Gasteiger partial charge in [-0.2, -0.15) is 0 Å². The van der Waals surface area contributed by atoms with Crippen LogP contribution in [0.1, 0.15) is 156 Å². The Bertz CT molecular complexity index is 930. The average molecular weight is 671 g/mol. The lowest BCUT2D eigenvalue weighted by molar-refractivity contribution is -0.161. The van der Waals surface area contributed by atoms with Crippen LogP contribution >= 0.6 is 0 Å². The maximum Gasteiger partial charge on any atom is 0.306 e. The summed E-state index contributed by atoms with van der Waals surface area (Å²) in [4.78, 5) is 24.2. The zero-order valence-corrected chi connectivity index (χ0v) is 30.8. The molecular weight excluding hydrogens is 600 g/mol. The summed E-state index contributed by atoms with van der Waals surface area (Å²) in [5.74, 6) is 0.130. The molecule has 0 radical (unpaired) electrons. The number of rotatable bonds is 32. The first-order valence-electron chi connectivity index (χ1n) is 19.3. The maximum absolute atomic E-state index is 12.1. The van der Waals surface area contributed by atoms with Gasteiger partial charge >= 0.3 is 11.9 Å². The van der Waals surface area contributed by atoms with E-state index >= 15 is 0 Å². The lowest BCUT2D eigenvalue weighted by Crippen LogP contribution is -2.28. The lowest BCUT2D eigenvalue weighted by atomic mass is 10.0. The van der Waals surface area contributed by atoms with Gasteiger partial charge in [-0.15, -0.1) is 0 Å². The summed E-state index contributed by atoms with van der Waals surface area (Å²) in [7, 11) is 0. The van der Waals surface area contributed by atoms with Crippen LogP contribution in [0.15, 0.2) is 60.8 Å². The number of unbranched alkanes of at least 4 members (excludes halogenated alkanes) is 10. The van der Waals surface area contributed by atoms with Crippen molar-refractivity contribution in [1.82, 2.24) is 0 Å². The summed E-state index contributed by atoms with van der Waals surface area (Å²) >= 11 is 0. The van der Waals surface area contributed by atoms with Crippen molar-refractivity contribution >= 4 is 11.9 Å². The fourth-order valence-corrected chi connectivity index (χ4v) is 5.39. The zero-order chi connectivity index (χ0) is 34.9. The SMILES string of the molecule is CC/C=C\CC1OC1C/C=C\C/C=C\C/C=C\C/C=C\CCC(=O)OC[C@H](CO)OC(=O)CCCCCCCCCCCCCC(C)C. The molecule has 0 aromatic carbocycles. The number of epoxide rings is 1. The summed E-state index contributed by atoms with van der Waals surface area (Å²) in [5, 5.41) is 9.54. The molecule has 0 bridgehead atoms. The Balaban J connectivity index is 1.94. The third kappa shape index (κ3) is 28.6. The number of aliphatic hydroxyl groups excluding tert-OH is 1. The van der Waals surface area contributed by atoms with Crippen molar-refractivity contribution in [1.29, 1.82) is 0 Å². The van der Waals surface area contributed by atoms with E-state index in [-0.39, 0.29) is 31.6 Å². The highest BCUT2D eigenvalue weighted by molar-refractivity contribution is 5.70. The molecule has 0 amide bonds. The van der Waals surface area contributed by atoms with E-state index in [2.05, 4.69) is 69.4 Å². The van der Waals surface area contributed by atoms with Crippen LogP contribution in [-0.2, 0) is 23.8 Å². The molecule has 1 heterocycles. The number of aliphatic hydroxyl groups is 1. The van der Waals surface area contributed by atoms with Crippen LogP contribution in [0.4, 0.5) is 0 Å². The minimum atomic E-state index is -0.805. The van der Waals surface area contributed by atoms with Gasteiger partial charge in [0.15, 0.2) is 6.10 Å². The quantitative estimate of drug-likeness (QED) is 0.0332. The van der Waals surface area contributed by atoms with Crippen LogP contribution in [-0.4, -0.2) is 48.6 Å². The molecule has 1 saturated heterocycles. The monoisotopic (exact) mass is 671 g/mol. The van der Waals surface area contributed by atoms with Gasteiger partial charge < -0.3 is 19.3 Å². The van der Waals surface area contributed by atoms with Crippen LogP contribution in [0.2, 0.25) is 0 Å². The number of carbonyl (C=O) groups excluding carboxylic acids is 2. The normalized spacial score (nSPS) is 17.2. The van der Waals surface area contributed by atoms with Crippen LogP contribution in [0.5, 0.6) is 0 Å². The molecule has 6 nitrogen and oxygen atoms in total. The van der Waals surface area contributed by atoms with Gasteiger partial charge in [0.2, 0.25) is 0 Å². The Hall–Kier alpha value is -2.44. The van der Waals surface area contributed by atoms with Gasteiger partial charge in [0, 0.05) is 12.8 Å². The summed E-state index contributed by atoms with van der Waals surface area (Å²) in [6.07, 6.45) is 43.3. The molecule has 0 spiro atoms. The van der Waals surface area contributed by atoms with Crippen LogP contribution in [0, 0.1) is 5.92 Å². The Labute approximate surface area is 294 Å². The van der Waals surface area contributed by atoms with E-state index in [4.69, 9.17) is 14.2 Å². The van der Waals surface area contributed by atoms with Crippen LogP contribution in [0.25, 0.3) is 0 Å². The molecule has 48 heavy (non-hydrogen) atoms.